The minimum Gasteiger partial charge on any atom is -0.506 e. The van der Waals surface area contributed by atoms with Crippen LogP contribution in [0.2, 0.25) is 0 Å². The van der Waals surface area contributed by atoms with E-state index in [0.29, 0.717) is 0 Å². The summed E-state index contributed by atoms with van der Waals surface area (Å²) in [5.74, 6) is 0.165. The number of aromatic nitrogens is 3. The average molecular weight is 245 g/mol. The molecule has 2 aromatic heterocycles. The molecule has 0 radical (unpaired) electrons. The highest BCUT2D eigenvalue weighted by molar-refractivity contribution is 5.54. The van der Waals surface area contributed by atoms with Gasteiger partial charge in [-0.15, -0.1) is 0 Å². The SMILES string of the molecule is Oc1ccc(-c2ccnn2C2CCCCO2)nc1. The first-order valence-corrected chi connectivity index (χ1v) is 6.15. The Balaban J connectivity index is 1.93. The van der Waals surface area contributed by atoms with E-state index in [0.717, 1.165) is 37.3 Å². The Hall–Kier alpha value is -1.88. The van der Waals surface area contributed by atoms with Crippen molar-refractivity contribution in [2.75, 3.05) is 6.61 Å². The third kappa shape index (κ3) is 2.09. The Morgan fingerprint density at radius 2 is 2.22 bits per heavy atom. The van der Waals surface area contributed by atoms with Gasteiger partial charge in [-0.2, -0.15) is 5.10 Å². The molecule has 0 bridgehead atoms. The molecule has 1 unspecified atom stereocenters. The summed E-state index contributed by atoms with van der Waals surface area (Å²) < 4.78 is 7.61. The van der Waals surface area contributed by atoms with Crippen molar-refractivity contribution < 1.29 is 9.84 Å². The molecule has 1 fully saturated rings. The summed E-state index contributed by atoms with van der Waals surface area (Å²) in [4.78, 5) is 4.21. The molecule has 2 aromatic rings. The van der Waals surface area contributed by atoms with Crippen LogP contribution in [-0.4, -0.2) is 26.5 Å². The summed E-state index contributed by atoms with van der Waals surface area (Å²) in [7, 11) is 0. The van der Waals surface area contributed by atoms with Gasteiger partial charge in [0.05, 0.1) is 17.6 Å². The van der Waals surface area contributed by atoms with Gasteiger partial charge in [0, 0.05) is 12.8 Å². The van der Waals surface area contributed by atoms with Crippen molar-refractivity contribution >= 4 is 0 Å². The molecule has 0 aliphatic carbocycles. The topological polar surface area (TPSA) is 60.2 Å². The van der Waals surface area contributed by atoms with E-state index >= 15 is 0 Å². The first kappa shape index (κ1) is 11.2. The Morgan fingerprint density at radius 1 is 1.28 bits per heavy atom. The molecule has 18 heavy (non-hydrogen) atoms. The quantitative estimate of drug-likeness (QED) is 0.882. The van der Waals surface area contributed by atoms with Crippen LogP contribution in [0.15, 0.2) is 30.6 Å². The number of hydrogen-bond donors (Lipinski definition) is 1. The lowest BCUT2D eigenvalue weighted by atomic mass is 10.2. The lowest BCUT2D eigenvalue weighted by Crippen LogP contribution is -2.20. The third-order valence-corrected chi connectivity index (χ3v) is 3.11. The van der Waals surface area contributed by atoms with Crippen LogP contribution >= 0.6 is 0 Å². The molecule has 0 saturated carbocycles. The molecule has 1 saturated heterocycles. The fraction of sp³-hybridized carbons (Fsp3) is 0.385. The molecule has 0 spiro atoms. The minimum atomic E-state index is -0.000599. The monoisotopic (exact) mass is 245 g/mol. The van der Waals surface area contributed by atoms with Gasteiger partial charge >= 0.3 is 0 Å². The summed E-state index contributed by atoms with van der Waals surface area (Å²) in [5.41, 5.74) is 1.71. The lowest BCUT2D eigenvalue weighted by Gasteiger charge is -2.24. The molecule has 1 atom stereocenters. The fourth-order valence-corrected chi connectivity index (χ4v) is 2.20. The van der Waals surface area contributed by atoms with Crippen LogP contribution in [0.4, 0.5) is 0 Å². The summed E-state index contributed by atoms with van der Waals surface area (Å²) in [6, 6.07) is 5.32. The van der Waals surface area contributed by atoms with E-state index in [4.69, 9.17) is 4.74 Å². The van der Waals surface area contributed by atoms with Crippen LogP contribution in [0, 0.1) is 0 Å². The molecule has 3 rings (SSSR count). The smallest absolute Gasteiger partial charge is 0.150 e. The minimum absolute atomic E-state index is 0.000599. The number of pyridine rings is 1. The molecular formula is C13H15N3O2. The molecule has 1 aliphatic heterocycles. The second kappa shape index (κ2) is 4.78. The van der Waals surface area contributed by atoms with E-state index < -0.39 is 0 Å². The maximum atomic E-state index is 9.26. The molecule has 5 nitrogen and oxygen atoms in total. The lowest BCUT2D eigenvalue weighted by molar-refractivity contribution is -0.0384. The zero-order valence-corrected chi connectivity index (χ0v) is 9.99. The molecule has 3 heterocycles. The van der Waals surface area contributed by atoms with Gasteiger partial charge in [-0.3, -0.25) is 4.98 Å². The van der Waals surface area contributed by atoms with Crippen LogP contribution in [0.5, 0.6) is 5.75 Å². The first-order valence-electron chi connectivity index (χ1n) is 6.15. The van der Waals surface area contributed by atoms with E-state index in [1.807, 2.05) is 10.7 Å². The van der Waals surface area contributed by atoms with Gasteiger partial charge in [0.2, 0.25) is 0 Å². The van der Waals surface area contributed by atoms with Crippen molar-refractivity contribution in [2.24, 2.45) is 0 Å². The van der Waals surface area contributed by atoms with Crippen LogP contribution in [0.3, 0.4) is 0 Å². The molecule has 1 aliphatic rings. The molecule has 5 heteroatoms. The number of aromatic hydroxyl groups is 1. The first-order chi connectivity index (χ1) is 8.84. The standard InChI is InChI=1S/C13H15N3O2/c17-10-4-5-11(14-9-10)12-6-7-15-16(12)13-3-1-2-8-18-13/h4-7,9,13,17H,1-3,8H2. The summed E-state index contributed by atoms with van der Waals surface area (Å²) in [5, 5.41) is 13.6. The highest BCUT2D eigenvalue weighted by Crippen LogP contribution is 2.27. The van der Waals surface area contributed by atoms with Gasteiger partial charge in [0.1, 0.15) is 5.75 Å². The summed E-state index contributed by atoms with van der Waals surface area (Å²) >= 11 is 0. The van der Waals surface area contributed by atoms with Crippen LogP contribution in [-0.2, 0) is 4.74 Å². The van der Waals surface area contributed by atoms with Crippen molar-refractivity contribution in [1.82, 2.24) is 14.8 Å². The van der Waals surface area contributed by atoms with Crippen molar-refractivity contribution in [2.45, 2.75) is 25.5 Å². The Morgan fingerprint density at radius 3 is 2.94 bits per heavy atom. The molecule has 1 N–H and O–H groups in total. The van der Waals surface area contributed by atoms with E-state index in [2.05, 4.69) is 10.1 Å². The van der Waals surface area contributed by atoms with Crippen LogP contribution < -0.4 is 0 Å². The average Bonchev–Trinajstić information content (AvgIpc) is 2.90. The van der Waals surface area contributed by atoms with Crippen LogP contribution in [0.25, 0.3) is 11.4 Å². The third-order valence-electron chi connectivity index (χ3n) is 3.11. The van der Waals surface area contributed by atoms with Gasteiger partial charge in [-0.05, 0) is 37.5 Å². The molecule has 0 aromatic carbocycles. The van der Waals surface area contributed by atoms with Gasteiger partial charge in [-0.1, -0.05) is 0 Å². The summed E-state index contributed by atoms with van der Waals surface area (Å²) in [6.07, 6.45) is 6.44. The van der Waals surface area contributed by atoms with E-state index in [1.54, 1.807) is 18.3 Å². The normalized spacial score (nSPS) is 19.9. The number of rotatable bonds is 2. The van der Waals surface area contributed by atoms with Gasteiger partial charge in [0.15, 0.2) is 6.23 Å². The van der Waals surface area contributed by atoms with E-state index in [9.17, 15) is 5.11 Å². The van der Waals surface area contributed by atoms with E-state index in [1.165, 1.54) is 6.20 Å². The van der Waals surface area contributed by atoms with Gasteiger partial charge in [0.25, 0.3) is 0 Å². The predicted octanol–water partition coefficient (Wildman–Crippen LogP) is 2.35. The van der Waals surface area contributed by atoms with Gasteiger partial charge in [-0.25, -0.2) is 4.68 Å². The van der Waals surface area contributed by atoms with Crippen molar-refractivity contribution in [3.05, 3.63) is 30.6 Å². The summed E-state index contributed by atoms with van der Waals surface area (Å²) in [6.45, 7) is 0.785. The maximum Gasteiger partial charge on any atom is 0.150 e. The molecular weight excluding hydrogens is 230 g/mol. The molecule has 94 valence electrons. The highest BCUT2D eigenvalue weighted by atomic mass is 16.5. The second-order valence-electron chi connectivity index (χ2n) is 4.38. The number of ether oxygens (including phenoxy) is 1. The van der Waals surface area contributed by atoms with Gasteiger partial charge < -0.3 is 9.84 Å². The Labute approximate surface area is 105 Å². The Kier molecular flexibility index (Phi) is 2.98. The second-order valence-corrected chi connectivity index (χ2v) is 4.38. The number of hydrogen-bond acceptors (Lipinski definition) is 4. The largest absolute Gasteiger partial charge is 0.506 e. The maximum absolute atomic E-state index is 9.26. The zero-order chi connectivity index (χ0) is 12.4. The molecule has 0 amide bonds. The highest BCUT2D eigenvalue weighted by Gasteiger charge is 2.19. The van der Waals surface area contributed by atoms with Crippen molar-refractivity contribution in [3.63, 3.8) is 0 Å². The van der Waals surface area contributed by atoms with Crippen LogP contribution in [0.1, 0.15) is 25.5 Å². The predicted molar refractivity (Wildman–Crippen MR) is 66.0 cm³/mol. The fourth-order valence-electron chi connectivity index (χ4n) is 2.20. The van der Waals surface area contributed by atoms with E-state index in [-0.39, 0.29) is 12.0 Å². The zero-order valence-electron chi connectivity index (χ0n) is 9.99. The van der Waals surface area contributed by atoms with Crippen molar-refractivity contribution in [3.8, 4) is 17.1 Å². The number of nitrogens with zero attached hydrogens (tertiary/aromatic N) is 3. The Bertz CT molecular complexity index is 515. The van der Waals surface area contributed by atoms with Crippen molar-refractivity contribution in [1.29, 1.82) is 0 Å².